The van der Waals surface area contributed by atoms with Gasteiger partial charge in [-0.05, 0) is 64.6 Å². The number of nitrogens with one attached hydrogen (secondary N) is 1. The number of carboxylic acid groups (broad SMARTS) is 1. The van der Waals surface area contributed by atoms with Crippen LogP contribution in [0.5, 0.6) is 0 Å². The Balaban J connectivity index is 1.67. The van der Waals surface area contributed by atoms with Crippen molar-refractivity contribution >= 4 is 5.97 Å². The molecule has 0 aromatic rings. The van der Waals surface area contributed by atoms with Crippen molar-refractivity contribution in [3.05, 3.63) is 0 Å². The fourth-order valence-electron chi connectivity index (χ4n) is 3.53. The number of aliphatic hydroxyl groups is 1. The fraction of sp³-hybridized carbons (Fsp3) is 0.933. The van der Waals surface area contributed by atoms with E-state index in [-0.39, 0.29) is 5.92 Å². The number of carboxylic acids is 1. The van der Waals surface area contributed by atoms with Crippen LogP contribution in [0.3, 0.4) is 0 Å². The van der Waals surface area contributed by atoms with Gasteiger partial charge in [0.1, 0.15) is 0 Å². The van der Waals surface area contributed by atoms with Crippen LogP contribution in [0.4, 0.5) is 0 Å². The van der Waals surface area contributed by atoms with Crippen LogP contribution in [0.2, 0.25) is 0 Å². The summed E-state index contributed by atoms with van der Waals surface area (Å²) in [5.74, 6) is -0.305. The lowest BCUT2D eigenvalue weighted by Gasteiger charge is -2.36. The molecule has 1 aliphatic heterocycles. The van der Waals surface area contributed by atoms with Crippen molar-refractivity contribution in [3.63, 3.8) is 0 Å². The van der Waals surface area contributed by atoms with Crippen molar-refractivity contribution in [3.8, 4) is 0 Å². The highest BCUT2D eigenvalue weighted by atomic mass is 16.4. The van der Waals surface area contributed by atoms with Gasteiger partial charge in [0.15, 0.2) is 0 Å². The quantitative estimate of drug-likeness (QED) is 0.700. The van der Waals surface area contributed by atoms with Crippen molar-refractivity contribution in [2.75, 3.05) is 33.2 Å². The van der Waals surface area contributed by atoms with Gasteiger partial charge in [0.05, 0.1) is 11.5 Å². The van der Waals surface area contributed by atoms with E-state index >= 15 is 0 Å². The van der Waals surface area contributed by atoms with Crippen LogP contribution in [0.25, 0.3) is 0 Å². The second kappa shape index (κ2) is 6.87. The Hall–Kier alpha value is -0.650. The van der Waals surface area contributed by atoms with E-state index < -0.39 is 11.6 Å². The van der Waals surface area contributed by atoms with E-state index in [1.54, 1.807) is 0 Å². The van der Waals surface area contributed by atoms with E-state index in [0.29, 0.717) is 38.1 Å². The zero-order valence-corrected chi connectivity index (χ0v) is 12.5. The third-order valence-corrected chi connectivity index (χ3v) is 4.87. The number of piperidine rings is 1. The molecule has 116 valence electrons. The first-order valence-corrected chi connectivity index (χ1v) is 7.83. The van der Waals surface area contributed by atoms with Crippen molar-refractivity contribution in [1.29, 1.82) is 0 Å². The summed E-state index contributed by atoms with van der Waals surface area (Å²) in [5, 5.41) is 22.9. The predicted octanol–water partition coefficient (Wildman–Crippen LogP) is 0.924. The monoisotopic (exact) mass is 284 g/mol. The number of carbonyl (C=O) groups is 1. The number of nitrogens with zero attached hydrogens (tertiary/aromatic N) is 1. The summed E-state index contributed by atoms with van der Waals surface area (Å²) in [6.07, 6.45) is 4.91. The molecule has 2 aliphatic rings. The minimum atomic E-state index is -0.717. The van der Waals surface area contributed by atoms with Crippen LogP contribution in [-0.2, 0) is 4.79 Å². The molecule has 0 aromatic carbocycles. The molecule has 1 saturated carbocycles. The zero-order chi connectivity index (χ0) is 14.6. The Bertz CT molecular complexity index is 327. The Kier molecular flexibility index (Phi) is 5.41. The summed E-state index contributed by atoms with van der Waals surface area (Å²) >= 11 is 0. The molecular formula is C15H28N2O3. The Morgan fingerprint density at radius 3 is 2.65 bits per heavy atom. The second-order valence-corrected chi connectivity index (χ2v) is 6.74. The highest BCUT2D eigenvalue weighted by Gasteiger charge is 2.35. The third-order valence-electron chi connectivity index (χ3n) is 4.87. The minimum Gasteiger partial charge on any atom is -0.481 e. The molecule has 1 saturated heterocycles. The molecule has 0 aromatic heterocycles. The maximum absolute atomic E-state index is 10.9. The lowest BCUT2D eigenvalue weighted by Crippen LogP contribution is -2.46. The molecule has 5 nitrogen and oxygen atoms in total. The molecule has 1 aliphatic carbocycles. The topological polar surface area (TPSA) is 72.8 Å². The minimum absolute atomic E-state index is 0.262. The lowest BCUT2D eigenvalue weighted by atomic mass is 9.78. The SMILES string of the molecule is CN1CCCC(CNCC2(O)CCC(C(=O)O)CC2)C1. The van der Waals surface area contributed by atoms with E-state index in [1.807, 2.05) is 0 Å². The smallest absolute Gasteiger partial charge is 0.306 e. The molecule has 2 fully saturated rings. The second-order valence-electron chi connectivity index (χ2n) is 6.74. The molecule has 0 bridgehead atoms. The first kappa shape index (κ1) is 15.7. The first-order chi connectivity index (χ1) is 9.48. The number of hydrogen-bond acceptors (Lipinski definition) is 4. The van der Waals surface area contributed by atoms with Crippen LogP contribution in [-0.4, -0.2) is 59.9 Å². The summed E-state index contributed by atoms with van der Waals surface area (Å²) in [6.45, 7) is 3.87. The maximum atomic E-state index is 10.9. The number of rotatable bonds is 5. The molecule has 3 N–H and O–H groups in total. The molecule has 0 amide bonds. The molecule has 0 radical (unpaired) electrons. The lowest BCUT2D eigenvalue weighted by molar-refractivity contribution is -0.144. The van der Waals surface area contributed by atoms with Gasteiger partial charge in [-0.2, -0.15) is 0 Å². The molecule has 5 heteroatoms. The van der Waals surface area contributed by atoms with Crippen molar-refractivity contribution in [1.82, 2.24) is 10.2 Å². The predicted molar refractivity (Wildman–Crippen MR) is 77.6 cm³/mol. The summed E-state index contributed by atoms with van der Waals surface area (Å²) in [5.41, 5.74) is -0.702. The van der Waals surface area contributed by atoms with Crippen molar-refractivity contribution in [2.24, 2.45) is 11.8 Å². The van der Waals surface area contributed by atoms with Gasteiger partial charge in [0.2, 0.25) is 0 Å². The van der Waals surface area contributed by atoms with Gasteiger partial charge in [-0.15, -0.1) is 0 Å². The summed E-state index contributed by atoms with van der Waals surface area (Å²) in [6, 6.07) is 0. The number of hydrogen-bond donors (Lipinski definition) is 3. The molecule has 2 rings (SSSR count). The van der Waals surface area contributed by atoms with Crippen LogP contribution in [0.1, 0.15) is 38.5 Å². The molecule has 1 unspecified atom stereocenters. The molecule has 1 heterocycles. The Labute approximate surface area is 121 Å². The molecule has 20 heavy (non-hydrogen) atoms. The average Bonchev–Trinajstić information content (AvgIpc) is 2.39. The Morgan fingerprint density at radius 2 is 2.05 bits per heavy atom. The highest BCUT2D eigenvalue weighted by Crippen LogP contribution is 2.31. The fourth-order valence-corrected chi connectivity index (χ4v) is 3.53. The molecule has 1 atom stereocenters. The largest absolute Gasteiger partial charge is 0.481 e. The van der Waals surface area contributed by atoms with E-state index in [1.165, 1.54) is 19.4 Å². The highest BCUT2D eigenvalue weighted by molar-refractivity contribution is 5.70. The summed E-state index contributed by atoms with van der Waals surface area (Å²) < 4.78 is 0. The van der Waals surface area contributed by atoms with E-state index in [2.05, 4.69) is 17.3 Å². The van der Waals surface area contributed by atoms with E-state index in [0.717, 1.165) is 13.1 Å². The van der Waals surface area contributed by atoms with Gasteiger partial charge in [-0.25, -0.2) is 0 Å². The van der Waals surface area contributed by atoms with Gasteiger partial charge in [-0.1, -0.05) is 0 Å². The van der Waals surface area contributed by atoms with E-state index in [9.17, 15) is 9.90 Å². The van der Waals surface area contributed by atoms with Gasteiger partial charge in [0.25, 0.3) is 0 Å². The normalized spacial score (nSPS) is 35.9. The van der Waals surface area contributed by atoms with Crippen molar-refractivity contribution in [2.45, 2.75) is 44.1 Å². The number of aliphatic carboxylic acids is 1. The van der Waals surface area contributed by atoms with Crippen LogP contribution in [0.15, 0.2) is 0 Å². The van der Waals surface area contributed by atoms with Crippen LogP contribution < -0.4 is 5.32 Å². The first-order valence-electron chi connectivity index (χ1n) is 7.83. The summed E-state index contributed by atoms with van der Waals surface area (Å²) in [4.78, 5) is 13.3. The van der Waals surface area contributed by atoms with Gasteiger partial charge < -0.3 is 20.4 Å². The molecular weight excluding hydrogens is 256 g/mol. The Morgan fingerprint density at radius 1 is 1.35 bits per heavy atom. The van der Waals surface area contributed by atoms with Gasteiger partial charge >= 0.3 is 5.97 Å². The van der Waals surface area contributed by atoms with Gasteiger partial charge in [0, 0.05) is 13.1 Å². The number of likely N-dealkylation sites (tertiary alicyclic amines) is 1. The van der Waals surface area contributed by atoms with Crippen LogP contribution >= 0.6 is 0 Å². The average molecular weight is 284 g/mol. The van der Waals surface area contributed by atoms with Crippen LogP contribution in [0, 0.1) is 11.8 Å². The van der Waals surface area contributed by atoms with E-state index in [4.69, 9.17) is 5.11 Å². The molecule has 0 spiro atoms. The van der Waals surface area contributed by atoms with Crippen molar-refractivity contribution < 1.29 is 15.0 Å². The standard InChI is InChI=1S/C15H28N2O3/c1-17-8-2-3-12(10-17)9-16-11-15(20)6-4-13(5-7-15)14(18)19/h12-13,16,20H,2-11H2,1H3,(H,18,19). The zero-order valence-electron chi connectivity index (χ0n) is 12.5. The third kappa shape index (κ3) is 4.43. The maximum Gasteiger partial charge on any atom is 0.306 e. The summed E-state index contributed by atoms with van der Waals surface area (Å²) in [7, 11) is 2.16. The van der Waals surface area contributed by atoms with Gasteiger partial charge in [-0.3, -0.25) is 4.79 Å².